The molecule has 2 heteroatoms. The van der Waals surface area contributed by atoms with Crippen LogP contribution < -0.4 is 0 Å². The van der Waals surface area contributed by atoms with Crippen LogP contribution in [0.2, 0.25) is 0 Å². The minimum Gasteiger partial charge on any atom is -0.283 e. The Kier molecular flexibility index (Phi) is 4.43. The summed E-state index contributed by atoms with van der Waals surface area (Å²) in [5.41, 5.74) is 0. The SMILES string of the molecule is C=CCCCC(=O)C#N. The molecule has 0 fully saturated rings. The number of ketones is 1. The van der Waals surface area contributed by atoms with Crippen LogP contribution in [0.1, 0.15) is 19.3 Å². The zero-order valence-electron chi connectivity index (χ0n) is 5.26. The van der Waals surface area contributed by atoms with E-state index in [1.807, 2.05) is 0 Å². The topological polar surface area (TPSA) is 40.9 Å². The summed E-state index contributed by atoms with van der Waals surface area (Å²) in [5, 5.41) is 8.01. The van der Waals surface area contributed by atoms with Crippen LogP contribution in [0.4, 0.5) is 0 Å². The first-order valence-electron chi connectivity index (χ1n) is 2.85. The van der Waals surface area contributed by atoms with Crippen molar-refractivity contribution < 1.29 is 4.79 Å². The van der Waals surface area contributed by atoms with E-state index >= 15 is 0 Å². The van der Waals surface area contributed by atoms with Gasteiger partial charge in [-0.05, 0) is 12.8 Å². The van der Waals surface area contributed by atoms with Crippen molar-refractivity contribution in [1.29, 1.82) is 5.26 Å². The number of Topliss-reactive ketones (excluding diaryl/α,β-unsaturated/α-hetero) is 1. The lowest BCUT2D eigenvalue weighted by atomic mass is 10.2. The van der Waals surface area contributed by atoms with Crippen LogP contribution in [-0.2, 0) is 4.79 Å². The van der Waals surface area contributed by atoms with Crippen molar-refractivity contribution in [3.05, 3.63) is 12.7 Å². The minimum atomic E-state index is -0.336. The number of rotatable bonds is 4. The largest absolute Gasteiger partial charge is 0.283 e. The Bertz CT molecular complexity index is 143. The molecule has 0 saturated carbocycles. The summed E-state index contributed by atoms with van der Waals surface area (Å²) in [6.45, 7) is 3.49. The van der Waals surface area contributed by atoms with Gasteiger partial charge in [-0.15, -0.1) is 6.58 Å². The molecule has 0 saturated heterocycles. The Morgan fingerprint density at radius 2 is 2.44 bits per heavy atom. The third kappa shape index (κ3) is 4.76. The van der Waals surface area contributed by atoms with Crippen molar-refractivity contribution in [2.45, 2.75) is 19.3 Å². The Balaban J connectivity index is 3.19. The second-order valence-electron chi connectivity index (χ2n) is 1.72. The van der Waals surface area contributed by atoms with Crippen LogP contribution in [0.25, 0.3) is 0 Å². The fourth-order valence-corrected chi connectivity index (χ4v) is 0.463. The molecule has 0 unspecified atom stereocenters. The van der Waals surface area contributed by atoms with Gasteiger partial charge in [-0.25, -0.2) is 0 Å². The lowest BCUT2D eigenvalue weighted by Gasteiger charge is -1.86. The molecule has 0 aromatic carbocycles. The molecule has 0 aromatic heterocycles. The van der Waals surface area contributed by atoms with E-state index in [2.05, 4.69) is 6.58 Å². The van der Waals surface area contributed by atoms with Gasteiger partial charge in [0.1, 0.15) is 6.07 Å². The quantitative estimate of drug-likeness (QED) is 0.322. The van der Waals surface area contributed by atoms with Crippen LogP contribution in [0, 0.1) is 11.3 Å². The average Bonchev–Trinajstić information content (AvgIpc) is 1.89. The van der Waals surface area contributed by atoms with Crippen LogP contribution in [0.15, 0.2) is 12.7 Å². The molecule has 0 radical (unpaired) electrons. The van der Waals surface area contributed by atoms with E-state index in [0.29, 0.717) is 6.42 Å². The average molecular weight is 123 g/mol. The van der Waals surface area contributed by atoms with Crippen molar-refractivity contribution in [2.75, 3.05) is 0 Å². The van der Waals surface area contributed by atoms with E-state index in [0.717, 1.165) is 12.8 Å². The first-order valence-corrected chi connectivity index (χ1v) is 2.85. The van der Waals surface area contributed by atoms with E-state index in [1.54, 1.807) is 12.1 Å². The van der Waals surface area contributed by atoms with Gasteiger partial charge < -0.3 is 0 Å². The van der Waals surface area contributed by atoms with Crippen LogP contribution in [0.3, 0.4) is 0 Å². The number of carbonyl (C=O) groups is 1. The van der Waals surface area contributed by atoms with Crippen molar-refractivity contribution in [2.24, 2.45) is 0 Å². The lowest BCUT2D eigenvalue weighted by Crippen LogP contribution is -1.90. The number of allylic oxidation sites excluding steroid dienone is 1. The van der Waals surface area contributed by atoms with Crippen molar-refractivity contribution in [3.8, 4) is 6.07 Å². The Hall–Kier alpha value is -1.10. The molecule has 0 aliphatic heterocycles. The predicted octanol–water partition coefficient (Wildman–Crippen LogP) is 1.44. The Morgan fingerprint density at radius 1 is 1.78 bits per heavy atom. The standard InChI is InChI=1S/C7H9NO/c1-2-3-4-5-7(9)6-8/h2H,1,3-5H2. The van der Waals surface area contributed by atoms with E-state index in [9.17, 15) is 4.79 Å². The summed E-state index contributed by atoms with van der Waals surface area (Å²) in [6.07, 6.45) is 3.66. The molecule has 0 aromatic rings. The summed E-state index contributed by atoms with van der Waals surface area (Å²) in [4.78, 5) is 10.3. The smallest absolute Gasteiger partial charge is 0.231 e. The molecular formula is C7H9NO. The van der Waals surface area contributed by atoms with Crippen LogP contribution in [0.5, 0.6) is 0 Å². The summed E-state index contributed by atoms with van der Waals surface area (Å²) >= 11 is 0. The maximum absolute atomic E-state index is 10.3. The number of nitrogens with zero attached hydrogens (tertiary/aromatic N) is 1. The van der Waals surface area contributed by atoms with Gasteiger partial charge in [0.2, 0.25) is 5.78 Å². The van der Waals surface area contributed by atoms with Gasteiger partial charge in [-0.2, -0.15) is 5.26 Å². The summed E-state index contributed by atoms with van der Waals surface area (Å²) < 4.78 is 0. The molecule has 0 heterocycles. The fourth-order valence-electron chi connectivity index (χ4n) is 0.463. The number of hydrogen-bond acceptors (Lipinski definition) is 2. The summed E-state index contributed by atoms with van der Waals surface area (Å²) in [7, 11) is 0. The monoisotopic (exact) mass is 123 g/mol. The molecule has 48 valence electrons. The molecule has 0 rings (SSSR count). The van der Waals surface area contributed by atoms with E-state index < -0.39 is 0 Å². The normalized spacial score (nSPS) is 7.89. The van der Waals surface area contributed by atoms with Crippen molar-refractivity contribution in [3.63, 3.8) is 0 Å². The molecule has 0 amide bonds. The number of unbranched alkanes of at least 4 members (excludes halogenated alkanes) is 1. The highest BCUT2D eigenvalue weighted by atomic mass is 16.1. The molecule has 0 aliphatic rings. The van der Waals surface area contributed by atoms with E-state index in [1.165, 1.54) is 0 Å². The van der Waals surface area contributed by atoms with E-state index in [-0.39, 0.29) is 5.78 Å². The highest BCUT2D eigenvalue weighted by molar-refractivity contribution is 5.93. The molecule has 0 atom stereocenters. The molecule has 0 spiro atoms. The van der Waals surface area contributed by atoms with Crippen molar-refractivity contribution in [1.82, 2.24) is 0 Å². The van der Waals surface area contributed by atoms with Gasteiger partial charge >= 0.3 is 0 Å². The molecule has 0 aliphatic carbocycles. The Morgan fingerprint density at radius 3 is 2.89 bits per heavy atom. The van der Waals surface area contributed by atoms with Gasteiger partial charge in [0.05, 0.1) is 0 Å². The molecule has 0 bridgehead atoms. The second-order valence-corrected chi connectivity index (χ2v) is 1.72. The number of carbonyl (C=O) groups excluding carboxylic acids is 1. The van der Waals surface area contributed by atoms with Crippen molar-refractivity contribution >= 4 is 5.78 Å². The minimum absolute atomic E-state index is 0.336. The zero-order valence-corrected chi connectivity index (χ0v) is 5.26. The third-order valence-corrected chi connectivity index (χ3v) is 0.937. The first kappa shape index (κ1) is 7.90. The lowest BCUT2D eigenvalue weighted by molar-refractivity contribution is -0.114. The number of hydrogen-bond donors (Lipinski definition) is 0. The van der Waals surface area contributed by atoms with Gasteiger partial charge in [-0.3, -0.25) is 4.79 Å². The van der Waals surface area contributed by atoms with Crippen LogP contribution in [-0.4, -0.2) is 5.78 Å². The second kappa shape index (κ2) is 5.04. The van der Waals surface area contributed by atoms with Gasteiger partial charge in [-0.1, -0.05) is 6.08 Å². The molecule has 0 N–H and O–H groups in total. The summed E-state index contributed by atoms with van der Waals surface area (Å²) in [5.74, 6) is -0.336. The third-order valence-electron chi connectivity index (χ3n) is 0.937. The maximum atomic E-state index is 10.3. The van der Waals surface area contributed by atoms with Gasteiger partial charge in [0.25, 0.3) is 0 Å². The van der Waals surface area contributed by atoms with Gasteiger partial charge in [0.15, 0.2) is 0 Å². The molecular weight excluding hydrogens is 114 g/mol. The molecule has 9 heavy (non-hydrogen) atoms. The zero-order chi connectivity index (χ0) is 7.11. The van der Waals surface area contributed by atoms with Crippen LogP contribution >= 0.6 is 0 Å². The van der Waals surface area contributed by atoms with E-state index in [4.69, 9.17) is 5.26 Å². The summed E-state index contributed by atoms with van der Waals surface area (Å²) in [6, 6.07) is 1.55. The van der Waals surface area contributed by atoms with Gasteiger partial charge in [0, 0.05) is 6.42 Å². The Labute approximate surface area is 54.8 Å². The number of nitriles is 1. The maximum Gasteiger partial charge on any atom is 0.231 e. The highest BCUT2D eigenvalue weighted by Gasteiger charge is 1.95. The molecule has 2 nitrogen and oxygen atoms in total. The predicted molar refractivity (Wildman–Crippen MR) is 34.7 cm³/mol. The fraction of sp³-hybridized carbons (Fsp3) is 0.429. The highest BCUT2D eigenvalue weighted by Crippen LogP contribution is 1.95. The first-order chi connectivity index (χ1) is 4.31.